The van der Waals surface area contributed by atoms with E-state index in [0.717, 1.165) is 105 Å². The van der Waals surface area contributed by atoms with Gasteiger partial charge >= 0.3 is 0 Å². The summed E-state index contributed by atoms with van der Waals surface area (Å²) in [7, 11) is 0. The van der Waals surface area contributed by atoms with Crippen molar-refractivity contribution in [2.24, 2.45) is 0 Å². The molecule has 0 aromatic rings. The van der Waals surface area contributed by atoms with Gasteiger partial charge < -0.3 is 28.4 Å². The van der Waals surface area contributed by atoms with E-state index < -0.39 is 0 Å². The zero-order valence-electron chi connectivity index (χ0n) is 54.3. The third-order valence-electron chi connectivity index (χ3n) is 16.2. The molecule has 4 unspecified atom stereocenters. The molecule has 0 N–H and O–H groups in total. The van der Waals surface area contributed by atoms with Crippen molar-refractivity contribution >= 4 is 11.8 Å². The average Bonchev–Trinajstić information content (AvgIpc) is 3.45. The molecule has 10 fully saturated rings. The zero-order valence-corrected chi connectivity index (χ0v) is 55.2. The standard InChI is InChI=1S/C10H19NO.C9H17NO.3C9H19NO.C8H17NO.C8H17NS/c1-10(2,3)11-6-8-4-5-9(7-11)12-8;1-9(2,3)10-5-7-4-8(6-10)11-7;2*1-8-7-10(5-6-11-8)9(2,3)4;1-9(2,3)10-6-4-5-7-11-8-10;2*1-8(2,3)9-4-6-10-7-5-9/h8-9H,4-7H2,1-3H3;7-8H,4-6H2,1-3H3;2*8H,5-7H2,1-4H3;4-8H2,1-3H3;2*4-7H2,1-3H3/t;;2*8-;;;/m..10.../s1. The van der Waals surface area contributed by atoms with Crippen LogP contribution in [0.15, 0.2) is 0 Å². The molecule has 10 rings (SSSR count). The van der Waals surface area contributed by atoms with E-state index in [0.29, 0.717) is 69.9 Å². The van der Waals surface area contributed by atoms with Gasteiger partial charge in [-0.2, -0.15) is 11.8 Å². The molecule has 76 heavy (non-hydrogen) atoms. The first kappa shape index (κ1) is 70.1. The summed E-state index contributed by atoms with van der Waals surface area (Å²) in [4.78, 5) is 17.4. The van der Waals surface area contributed by atoms with E-state index in [1.54, 1.807) is 0 Å². The smallest absolute Gasteiger partial charge is 0.0994 e. The Bertz CT molecular complexity index is 1400. The molecule has 0 radical (unpaired) electrons. The van der Waals surface area contributed by atoms with Crippen LogP contribution < -0.4 is 0 Å². The Morgan fingerprint density at radius 1 is 0.329 bits per heavy atom. The Balaban J connectivity index is 0.000000234. The van der Waals surface area contributed by atoms with Gasteiger partial charge in [-0.25, -0.2) is 0 Å². The summed E-state index contributed by atoms with van der Waals surface area (Å²) < 4.78 is 33.0. The van der Waals surface area contributed by atoms with Crippen molar-refractivity contribution < 1.29 is 28.4 Å². The molecule has 14 heteroatoms. The molecule has 0 spiro atoms. The molecule has 0 aromatic heterocycles. The van der Waals surface area contributed by atoms with Gasteiger partial charge in [-0.05, 0) is 185 Å². The number of rotatable bonds is 0. The molecule has 10 aliphatic heterocycles. The average molecular weight is 1100 g/mol. The largest absolute Gasteiger partial charge is 0.379 e. The van der Waals surface area contributed by atoms with Gasteiger partial charge in [0.25, 0.3) is 0 Å². The van der Waals surface area contributed by atoms with Crippen molar-refractivity contribution in [1.82, 2.24) is 34.3 Å². The second-order valence-corrected chi connectivity index (χ2v) is 31.3. The molecule has 0 aliphatic carbocycles. The van der Waals surface area contributed by atoms with Crippen molar-refractivity contribution in [2.75, 3.05) is 136 Å². The van der Waals surface area contributed by atoms with Gasteiger partial charge in [-0.15, -0.1) is 0 Å². The quantitative estimate of drug-likeness (QED) is 0.231. The SMILES string of the molecule is CC(C)(C)N1CC2CC(C1)O2.CC(C)(C)N1CC2CCC(C1)O2.CC(C)(C)N1CCCCOC1.CC(C)(C)N1CCOCC1.CC(C)(C)N1CCSCC1.C[C@@H]1CN(C(C)(C)C)CCO1.C[C@H]1CN(C(C)(C)C)CCO1. The Morgan fingerprint density at radius 3 is 0.987 bits per heavy atom. The van der Waals surface area contributed by atoms with E-state index in [1.807, 2.05) is 0 Å². The molecule has 13 nitrogen and oxygen atoms in total. The monoisotopic (exact) mass is 1100 g/mol. The van der Waals surface area contributed by atoms with Gasteiger partial charge in [0.2, 0.25) is 0 Å². The summed E-state index contributed by atoms with van der Waals surface area (Å²) in [5.74, 6) is 2.63. The molecule has 0 aromatic carbocycles. The number of nitrogens with zero attached hydrogens (tertiary/aromatic N) is 7. The Hall–Kier alpha value is -0.170. The molecule has 10 heterocycles. The summed E-state index contributed by atoms with van der Waals surface area (Å²) in [6.07, 6.45) is 9.31. The number of ether oxygens (including phenoxy) is 6. The zero-order chi connectivity index (χ0) is 57.3. The molecular formula is C62H127N7O6S. The second-order valence-electron chi connectivity index (χ2n) is 30.0. The van der Waals surface area contributed by atoms with E-state index in [9.17, 15) is 0 Å². The number of hydrogen-bond acceptors (Lipinski definition) is 14. The molecule has 10 aliphatic rings. The van der Waals surface area contributed by atoms with Gasteiger partial charge in [-0.3, -0.25) is 34.3 Å². The lowest BCUT2D eigenvalue weighted by atomic mass is 9.94. The first-order valence-corrected chi connectivity index (χ1v) is 31.6. The second kappa shape index (κ2) is 31.5. The van der Waals surface area contributed by atoms with E-state index in [-0.39, 0.29) is 5.54 Å². The van der Waals surface area contributed by atoms with Crippen LogP contribution in [0.5, 0.6) is 0 Å². The van der Waals surface area contributed by atoms with E-state index >= 15 is 0 Å². The van der Waals surface area contributed by atoms with Crippen molar-refractivity contribution in [1.29, 1.82) is 0 Å². The molecular weight excluding hydrogens is 971 g/mol. The third kappa shape index (κ3) is 27.3. The first-order valence-electron chi connectivity index (χ1n) is 30.5. The van der Waals surface area contributed by atoms with Gasteiger partial charge in [0, 0.05) is 148 Å². The fourth-order valence-corrected chi connectivity index (χ4v) is 11.6. The highest BCUT2D eigenvalue weighted by Gasteiger charge is 2.42. The predicted octanol–water partition coefficient (Wildman–Crippen LogP) is 10.7. The van der Waals surface area contributed by atoms with Crippen LogP contribution in [0.4, 0.5) is 0 Å². The highest BCUT2D eigenvalue weighted by Crippen LogP contribution is 2.32. The molecule has 4 bridgehead atoms. The minimum absolute atomic E-state index is 0.268. The number of morpholine rings is 5. The molecule has 0 amide bonds. The van der Waals surface area contributed by atoms with Crippen LogP contribution >= 0.6 is 11.8 Å². The normalized spacial score (nSPS) is 29.2. The van der Waals surface area contributed by atoms with Gasteiger partial charge in [0.05, 0.1) is 69.8 Å². The number of fused-ring (bicyclic) bond motifs is 4. The van der Waals surface area contributed by atoms with E-state index in [1.165, 1.54) is 63.2 Å². The van der Waals surface area contributed by atoms with Crippen LogP contribution in [-0.2, 0) is 28.4 Å². The maximum Gasteiger partial charge on any atom is 0.0994 e. The van der Waals surface area contributed by atoms with Crippen LogP contribution in [-0.4, -0.2) is 246 Å². The number of piperidine rings is 1. The fraction of sp³-hybridized carbons (Fsp3) is 1.00. The van der Waals surface area contributed by atoms with Crippen LogP contribution in [0.1, 0.15) is 191 Å². The van der Waals surface area contributed by atoms with E-state index in [2.05, 4.69) is 205 Å². The van der Waals surface area contributed by atoms with Gasteiger partial charge in [0.15, 0.2) is 0 Å². The van der Waals surface area contributed by atoms with Gasteiger partial charge in [-0.1, -0.05) is 0 Å². The number of hydrogen-bond donors (Lipinski definition) is 0. The van der Waals surface area contributed by atoms with Crippen LogP contribution in [0.3, 0.4) is 0 Å². The number of thioether (sulfide) groups is 1. The summed E-state index contributed by atoms with van der Waals surface area (Å²) in [6.45, 7) is 71.9. The lowest BCUT2D eigenvalue weighted by Gasteiger charge is -2.51. The molecule has 6 atom stereocenters. The lowest BCUT2D eigenvalue weighted by Crippen LogP contribution is -2.61. The topological polar surface area (TPSA) is 78.1 Å². The Kier molecular flexibility index (Phi) is 29.0. The summed E-state index contributed by atoms with van der Waals surface area (Å²) in [5, 5.41) is 0. The predicted molar refractivity (Wildman–Crippen MR) is 325 cm³/mol. The van der Waals surface area contributed by atoms with E-state index in [4.69, 9.17) is 28.4 Å². The summed E-state index contributed by atoms with van der Waals surface area (Å²) in [5.41, 5.74) is 2.25. The van der Waals surface area contributed by atoms with Crippen LogP contribution in [0.2, 0.25) is 0 Å². The Morgan fingerprint density at radius 2 is 0.671 bits per heavy atom. The molecule has 0 saturated carbocycles. The van der Waals surface area contributed by atoms with Crippen molar-refractivity contribution in [3.63, 3.8) is 0 Å². The minimum Gasteiger partial charge on any atom is -0.379 e. The highest BCUT2D eigenvalue weighted by atomic mass is 32.2. The molecule has 10 saturated heterocycles. The third-order valence-corrected chi connectivity index (χ3v) is 17.1. The lowest BCUT2D eigenvalue weighted by molar-refractivity contribution is -0.195. The number of likely N-dealkylation sites (tertiary alicyclic amines) is 1. The maximum absolute atomic E-state index is 5.78. The first-order chi connectivity index (χ1) is 34.9. The fourth-order valence-electron chi connectivity index (χ4n) is 10.7. The van der Waals surface area contributed by atoms with Gasteiger partial charge in [0.1, 0.15) is 0 Å². The van der Waals surface area contributed by atoms with Crippen LogP contribution in [0, 0.1) is 0 Å². The summed E-state index contributed by atoms with van der Waals surface area (Å²) in [6, 6.07) is 0. The van der Waals surface area contributed by atoms with Crippen molar-refractivity contribution in [2.45, 2.75) is 267 Å². The highest BCUT2D eigenvalue weighted by molar-refractivity contribution is 7.99. The minimum atomic E-state index is 0.268. The van der Waals surface area contributed by atoms with Crippen molar-refractivity contribution in [3.05, 3.63) is 0 Å². The Labute approximate surface area is 475 Å². The maximum atomic E-state index is 5.78. The van der Waals surface area contributed by atoms with Crippen LogP contribution in [0.25, 0.3) is 0 Å². The summed E-state index contributed by atoms with van der Waals surface area (Å²) >= 11 is 2.07. The molecule has 452 valence electrons. The van der Waals surface area contributed by atoms with Crippen molar-refractivity contribution in [3.8, 4) is 0 Å².